The Morgan fingerprint density at radius 1 is 1.40 bits per heavy atom. The third kappa shape index (κ3) is 3.24. The van der Waals surface area contributed by atoms with Crippen LogP contribution < -0.4 is 5.32 Å². The van der Waals surface area contributed by atoms with Gasteiger partial charge in [-0.1, -0.05) is 13.8 Å². The van der Waals surface area contributed by atoms with Crippen molar-refractivity contribution in [2.75, 3.05) is 7.05 Å². The molecule has 0 amide bonds. The minimum atomic E-state index is 0.470. The van der Waals surface area contributed by atoms with Gasteiger partial charge in [0.1, 0.15) is 10.8 Å². The molecule has 3 nitrogen and oxygen atoms in total. The molecule has 1 aromatic rings. The molecule has 0 saturated carbocycles. The first-order chi connectivity index (χ1) is 7.22. The zero-order valence-corrected chi connectivity index (χ0v) is 10.9. The lowest BCUT2D eigenvalue weighted by Gasteiger charge is -2.19. The maximum Gasteiger partial charge on any atom is 0.142 e. The lowest BCUT2D eigenvalue weighted by atomic mass is 9.99. The Balaban J connectivity index is 2.73. The minimum absolute atomic E-state index is 0.470. The second-order valence-corrected chi connectivity index (χ2v) is 4.67. The van der Waals surface area contributed by atoms with Crippen LogP contribution in [-0.4, -0.2) is 22.4 Å². The third-order valence-corrected chi connectivity index (χ3v) is 3.66. The van der Waals surface area contributed by atoms with Gasteiger partial charge in [-0.2, -0.15) is 4.37 Å². The Bertz CT molecular complexity index is 285. The number of aryl methyl sites for hydroxylation is 1. The zero-order chi connectivity index (χ0) is 11.3. The topological polar surface area (TPSA) is 37.8 Å². The van der Waals surface area contributed by atoms with Crippen LogP contribution >= 0.6 is 11.5 Å². The monoisotopic (exact) mass is 227 g/mol. The fourth-order valence-corrected chi connectivity index (χ4v) is 2.67. The van der Waals surface area contributed by atoms with Crippen molar-refractivity contribution in [3.63, 3.8) is 0 Å². The lowest BCUT2D eigenvalue weighted by Crippen LogP contribution is -2.28. The summed E-state index contributed by atoms with van der Waals surface area (Å²) in [5, 5.41) is 4.48. The molecule has 1 rings (SSSR count). The molecule has 1 heterocycles. The molecular weight excluding hydrogens is 206 g/mol. The van der Waals surface area contributed by atoms with Crippen LogP contribution in [0.15, 0.2) is 0 Å². The molecular formula is C11H21N3S. The molecule has 0 saturated heterocycles. The molecule has 0 aliphatic heterocycles. The van der Waals surface area contributed by atoms with Gasteiger partial charge in [0, 0.05) is 18.4 Å². The Morgan fingerprint density at radius 2 is 2.13 bits per heavy atom. The smallest absolute Gasteiger partial charge is 0.142 e. The molecule has 0 radical (unpaired) electrons. The molecule has 2 unspecified atom stereocenters. The van der Waals surface area contributed by atoms with E-state index in [-0.39, 0.29) is 0 Å². The Kier molecular flexibility index (Phi) is 5.19. The van der Waals surface area contributed by atoms with Gasteiger partial charge in [0.05, 0.1) is 0 Å². The van der Waals surface area contributed by atoms with Gasteiger partial charge in [0.2, 0.25) is 0 Å². The number of aromatic nitrogens is 2. The number of nitrogens with one attached hydrogen (secondary N) is 1. The van der Waals surface area contributed by atoms with Crippen LogP contribution in [-0.2, 0) is 6.42 Å². The highest BCUT2D eigenvalue weighted by atomic mass is 32.1. The van der Waals surface area contributed by atoms with Crippen molar-refractivity contribution in [3.05, 3.63) is 10.8 Å². The molecule has 1 aromatic heterocycles. The highest BCUT2D eigenvalue weighted by molar-refractivity contribution is 7.05. The summed E-state index contributed by atoms with van der Waals surface area (Å²) < 4.78 is 4.39. The van der Waals surface area contributed by atoms with Crippen LogP contribution in [0.3, 0.4) is 0 Å². The summed E-state index contributed by atoms with van der Waals surface area (Å²) in [6.07, 6.45) is 3.23. The molecule has 1 N–H and O–H groups in total. The van der Waals surface area contributed by atoms with Gasteiger partial charge in [-0.3, -0.25) is 0 Å². The fourth-order valence-electron chi connectivity index (χ4n) is 1.69. The van der Waals surface area contributed by atoms with Gasteiger partial charge in [-0.25, -0.2) is 4.98 Å². The van der Waals surface area contributed by atoms with Crippen molar-refractivity contribution in [1.82, 2.24) is 14.7 Å². The maximum atomic E-state index is 4.61. The van der Waals surface area contributed by atoms with E-state index in [2.05, 4.69) is 35.4 Å². The standard InChI is InChI=1S/C11H21N3S/c1-5-7-10-13-11(15-14-10)9(6-2)8(3)12-4/h8-9,12H,5-7H2,1-4H3. The normalized spacial score (nSPS) is 15.2. The lowest BCUT2D eigenvalue weighted by molar-refractivity contribution is 0.480. The summed E-state index contributed by atoms with van der Waals surface area (Å²) in [7, 11) is 2.00. The predicted octanol–water partition coefficient (Wildman–Crippen LogP) is 2.59. The quantitative estimate of drug-likeness (QED) is 0.811. The van der Waals surface area contributed by atoms with Gasteiger partial charge in [0.25, 0.3) is 0 Å². The van der Waals surface area contributed by atoms with Crippen molar-refractivity contribution < 1.29 is 0 Å². The van der Waals surface area contributed by atoms with Crippen molar-refractivity contribution in [2.45, 2.75) is 52.0 Å². The molecule has 2 atom stereocenters. The van der Waals surface area contributed by atoms with Crippen molar-refractivity contribution >= 4 is 11.5 Å². The molecule has 0 aliphatic carbocycles. The fraction of sp³-hybridized carbons (Fsp3) is 0.818. The van der Waals surface area contributed by atoms with Gasteiger partial charge >= 0.3 is 0 Å². The number of nitrogens with zero attached hydrogens (tertiary/aromatic N) is 2. The van der Waals surface area contributed by atoms with Crippen LogP contribution in [0.1, 0.15) is 50.4 Å². The van der Waals surface area contributed by atoms with E-state index in [0.29, 0.717) is 12.0 Å². The van der Waals surface area contributed by atoms with Gasteiger partial charge in [0.15, 0.2) is 0 Å². The first-order valence-corrected chi connectivity index (χ1v) is 6.49. The first kappa shape index (κ1) is 12.6. The van der Waals surface area contributed by atoms with E-state index in [9.17, 15) is 0 Å². The van der Waals surface area contributed by atoms with E-state index in [1.807, 2.05) is 7.05 Å². The predicted molar refractivity (Wildman–Crippen MR) is 65.5 cm³/mol. The average molecular weight is 227 g/mol. The molecule has 86 valence electrons. The average Bonchev–Trinajstić information content (AvgIpc) is 2.68. The van der Waals surface area contributed by atoms with Crippen LogP contribution in [0.5, 0.6) is 0 Å². The summed E-state index contributed by atoms with van der Waals surface area (Å²) in [5.41, 5.74) is 0. The summed E-state index contributed by atoms with van der Waals surface area (Å²) in [5.74, 6) is 1.51. The number of hydrogen-bond acceptors (Lipinski definition) is 4. The summed E-state index contributed by atoms with van der Waals surface area (Å²) >= 11 is 1.56. The van der Waals surface area contributed by atoms with E-state index in [1.165, 1.54) is 5.01 Å². The molecule has 0 fully saturated rings. The molecule has 4 heteroatoms. The maximum absolute atomic E-state index is 4.61. The Labute approximate surface area is 96.5 Å². The first-order valence-electron chi connectivity index (χ1n) is 5.72. The summed E-state index contributed by atoms with van der Waals surface area (Å²) in [4.78, 5) is 4.61. The van der Waals surface area contributed by atoms with Crippen LogP contribution in [0.25, 0.3) is 0 Å². The number of hydrogen-bond donors (Lipinski definition) is 1. The summed E-state index contributed by atoms with van der Waals surface area (Å²) in [6.45, 7) is 6.57. The SMILES string of the molecule is CCCc1nsc(C(CC)C(C)NC)n1. The van der Waals surface area contributed by atoms with E-state index in [4.69, 9.17) is 0 Å². The Morgan fingerprint density at radius 3 is 2.67 bits per heavy atom. The molecule has 0 aromatic carbocycles. The second-order valence-electron chi connectivity index (χ2n) is 3.89. The van der Waals surface area contributed by atoms with E-state index < -0.39 is 0 Å². The molecule has 0 bridgehead atoms. The summed E-state index contributed by atoms with van der Waals surface area (Å²) in [6, 6.07) is 0.470. The van der Waals surface area contributed by atoms with Crippen molar-refractivity contribution in [2.24, 2.45) is 0 Å². The number of rotatable bonds is 6. The highest BCUT2D eigenvalue weighted by Crippen LogP contribution is 2.24. The zero-order valence-electron chi connectivity index (χ0n) is 10.1. The van der Waals surface area contributed by atoms with Crippen molar-refractivity contribution in [1.29, 1.82) is 0 Å². The molecule has 0 spiro atoms. The molecule has 0 aliphatic rings. The van der Waals surface area contributed by atoms with Gasteiger partial charge < -0.3 is 5.32 Å². The molecule has 15 heavy (non-hydrogen) atoms. The van der Waals surface area contributed by atoms with E-state index in [1.54, 1.807) is 11.5 Å². The highest BCUT2D eigenvalue weighted by Gasteiger charge is 2.20. The third-order valence-electron chi connectivity index (χ3n) is 2.77. The van der Waals surface area contributed by atoms with E-state index in [0.717, 1.165) is 25.1 Å². The van der Waals surface area contributed by atoms with Crippen LogP contribution in [0.4, 0.5) is 0 Å². The second kappa shape index (κ2) is 6.18. The number of likely N-dealkylation sites (N-methyl/N-ethyl adjacent to an activating group) is 1. The van der Waals surface area contributed by atoms with Crippen molar-refractivity contribution in [3.8, 4) is 0 Å². The largest absolute Gasteiger partial charge is 0.317 e. The Hall–Kier alpha value is -0.480. The minimum Gasteiger partial charge on any atom is -0.317 e. The van der Waals surface area contributed by atoms with Crippen LogP contribution in [0, 0.1) is 0 Å². The van der Waals surface area contributed by atoms with Gasteiger partial charge in [-0.15, -0.1) is 0 Å². The van der Waals surface area contributed by atoms with Crippen LogP contribution in [0.2, 0.25) is 0 Å². The van der Waals surface area contributed by atoms with E-state index >= 15 is 0 Å². The van der Waals surface area contributed by atoms with Gasteiger partial charge in [-0.05, 0) is 38.3 Å².